The van der Waals surface area contributed by atoms with Crippen LogP contribution in [0.1, 0.15) is 52.9 Å². The van der Waals surface area contributed by atoms with Crippen LogP contribution in [-0.4, -0.2) is 49.3 Å². The molecule has 2 aliphatic rings. The summed E-state index contributed by atoms with van der Waals surface area (Å²) in [6.07, 6.45) is 7.59. The Morgan fingerprint density at radius 3 is 2.63 bits per heavy atom. The van der Waals surface area contributed by atoms with Crippen LogP contribution in [0.25, 0.3) is 0 Å². The maximum atomic E-state index is 5.94. The first kappa shape index (κ1) is 15.3. The van der Waals surface area contributed by atoms with E-state index in [1.165, 1.54) is 38.6 Å². The molecule has 0 aromatic rings. The van der Waals surface area contributed by atoms with E-state index in [0.717, 1.165) is 32.1 Å². The molecule has 1 aliphatic carbocycles. The van der Waals surface area contributed by atoms with Gasteiger partial charge in [0, 0.05) is 26.2 Å². The Hall–Kier alpha value is -0.120. The van der Waals surface area contributed by atoms with Crippen molar-refractivity contribution in [3.05, 3.63) is 0 Å². The van der Waals surface area contributed by atoms with Crippen LogP contribution in [0.4, 0.5) is 0 Å². The zero-order chi connectivity index (χ0) is 13.7. The van der Waals surface area contributed by atoms with Gasteiger partial charge in [-0.15, -0.1) is 0 Å². The summed E-state index contributed by atoms with van der Waals surface area (Å²) in [5.41, 5.74) is 0.0149. The van der Waals surface area contributed by atoms with E-state index < -0.39 is 0 Å². The number of hydrogen-bond donors (Lipinski definition) is 1. The van der Waals surface area contributed by atoms with E-state index in [9.17, 15) is 0 Å². The summed E-state index contributed by atoms with van der Waals surface area (Å²) in [7, 11) is 0. The fourth-order valence-corrected chi connectivity index (χ4v) is 3.69. The molecule has 1 atom stereocenters. The lowest BCUT2D eigenvalue weighted by molar-refractivity contribution is -0.128. The average Bonchev–Trinajstić information content (AvgIpc) is 2.33. The van der Waals surface area contributed by atoms with Crippen molar-refractivity contribution in [2.24, 2.45) is 5.92 Å². The maximum Gasteiger partial charge on any atom is 0.0757 e. The van der Waals surface area contributed by atoms with E-state index in [2.05, 4.69) is 31.0 Å². The summed E-state index contributed by atoms with van der Waals surface area (Å²) in [6, 6.07) is 0. The van der Waals surface area contributed by atoms with E-state index in [0.29, 0.717) is 6.10 Å². The Morgan fingerprint density at radius 2 is 1.95 bits per heavy atom. The molecule has 1 heterocycles. The van der Waals surface area contributed by atoms with Gasteiger partial charge in [-0.3, -0.25) is 4.90 Å². The molecule has 1 N–H and O–H groups in total. The van der Waals surface area contributed by atoms with Crippen LogP contribution in [0.2, 0.25) is 0 Å². The molecule has 1 saturated heterocycles. The minimum absolute atomic E-state index is 0.0149. The van der Waals surface area contributed by atoms with E-state index in [4.69, 9.17) is 4.74 Å². The molecule has 112 valence electrons. The van der Waals surface area contributed by atoms with Gasteiger partial charge < -0.3 is 10.1 Å². The minimum Gasteiger partial charge on any atom is -0.370 e. The summed E-state index contributed by atoms with van der Waals surface area (Å²) in [4.78, 5) is 2.54. The van der Waals surface area contributed by atoms with Crippen molar-refractivity contribution < 1.29 is 4.74 Å². The van der Waals surface area contributed by atoms with Gasteiger partial charge in [0.25, 0.3) is 0 Å². The number of nitrogens with zero attached hydrogens (tertiary/aromatic N) is 1. The van der Waals surface area contributed by atoms with E-state index in [1.807, 2.05) is 0 Å². The Labute approximate surface area is 119 Å². The minimum atomic E-state index is 0.0149. The highest BCUT2D eigenvalue weighted by atomic mass is 16.5. The Kier molecular flexibility index (Phi) is 5.67. The summed E-state index contributed by atoms with van der Waals surface area (Å²) < 4.78 is 5.94. The van der Waals surface area contributed by atoms with Gasteiger partial charge in [0.1, 0.15) is 0 Å². The van der Waals surface area contributed by atoms with Crippen LogP contribution in [0.3, 0.4) is 0 Å². The number of ether oxygens (including phenoxy) is 1. The molecule has 0 amide bonds. The molecule has 1 saturated carbocycles. The normalized spacial score (nSPS) is 29.5. The molecule has 2 rings (SSSR count). The third kappa shape index (κ3) is 5.41. The second-order valence-electron chi connectivity index (χ2n) is 7.13. The van der Waals surface area contributed by atoms with Crippen molar-refractivity contribution in [1.29, 1.82) is 0 Å². The van der Waals surface area contributed by atoms with Gasteiger partial charge in [-0.1, -0.05) is 19.3 Å². The largest absolute Gasteiger partial charge is 0.370 e. The SMILES string of the molecule is CC1CN(CCNCC2CCCCC2)CC(C)(C)O1. The van der Waals surface area contributed by atoms with Crippen molar-refractivity contribution in [3.8, 4) is 0 Å². The molecule has 3 heteroatoms. The van der Waals surface area contributed by atoms with Crippen LogP contribution in [0.15, 0.2) is 0 Å². The fraction of sp³-hybridized carbons (Fsp3) is 1.00. The molecule has 0 spiro atoms. The zero-order valence-electron chi connectivity index (χ0n) is 13.1. The van der Waals surface area contributed by atoms with E-state index in [1.54, 1.807) is 0 Å². The molecule has 1 unspecified atom stereocenters. The quantitative estimate of drug-likeness (QED) is 0.776. The Bertz CT molecular complexity index is 261. The molecule has 2 fully saturated rings. The molecule has 3 nitrogen and oxygen atoms in total. The lowest BCUT2D eigenvalue weighted by Gasteiger charge is -2.41. The smallest absolute Gasteiger partial charge is 0.0757 e. The predicted octanol–water partition coefficient (Wildman–Crippen LogP) is 2.66. The van der Waals surface area contributed by atoms with E-state index >= 15 is 0 Å². The summed E-state index contributed by atoms with van der Waals surface area (Å²) in [5.74, 6) is 0.939. The number of hydrogen-bond acceptors (Lipinski definition) is 3. The van der Waals surface area contributed by atoms with Gasteiger partial charge in [0.15, 0.2) is 0 Å². The predicted molar refractivity (Wildman–Crippen MR) is 80.5 cm³/mol. The third-order valence-electron chi connectivity index (χ3n) is 4.40. The van der Waals surface area contributed by atoms with Gasteiger partial charge in [-0.05, 0) is 46.1 Å². The van der Waals surface area contributed by atoms with Gasteiger partial charge in [0.2, 0.25) is 0 Å². The Morgan fingerprint density at radius 1 is 1.21 bits per heavy atom. The molecule has 0 aromatic carbocycles. The van der Waals surface area contributed by atoms with Crippen LogP contribution >= 0.6 is 0 Å². The fourth-order valence-electron chi connectivity index (χ4n) is 3.69. The van der Waals surface area contributed by atoms with E-state index in [-0.39, 0.29) is 5.60 Å². The van der Waals surface area contributed by atoms with Crippen molar-refractivity contribution >= 4 is 0 Å². The van der Waals surface area contributed by atoms with Gasteiger partial charge in [-0.2, -0.15) is 0 Å². The molecule has 0 radical (unpaired) electrons. The first-order valence-electron chi connectivity index (χ1n) is 8.16. The van der Waals surface area contributed by atoms with Crippen LogP contribution < -0.4 is 5.32 Å². The van der Waals surface area contributed by atoms with Gasteiger partial charge >= 0.3 is 0 Å². The lowest BCUT2D eigenvalue weighted by atomic mass is 9.89. The highest BCUT2D eigenvalue weighted by Crippen LogP contribution is 2.23. The van der Waals surface area contributed by atoms with Crippen molar-refractivity contribution in [3.63, 3.8) is 0 Å². The highest BCUT2D eigenvalue weighted by molar-refractivity contribution is 4.82. The number of nitrogens with one attached hydrogen (secondary N) is 1. The molecular formula is C16H32N2O. The summed E-state index contributed by atoms with van der Waals surface area (Å²) >= 11 is 0. The average molecular weight is 268 g/mol. The number of morpholine rings is 1. The maximum absolute atomic E-state index is 5.94. The molecule has 19 heavy (non-hydrogen) atoms. The van der Waals surface area contributed by atoms with Crippen LogP contribution in [0.5, 0.6) is 0 Å². The molecule has 0 bridgehead atoms. The van der Waals surface area contributed by atoms with Crippen LogP contribution in [-0.2, 0) is 4.74 Å². The second kappa shape index (κ2) is 7.05. The third-order valence-corrected chi connectivity index (χ3v) is 4.40. The monoisotopic (exact) mass is 268 g/mol. The van der Waals surface area contributed by atoms with Gasteiger partial charge in [-0.25, -0.2) is 0 Å². The van der Waals surface area contributed by atoms with Crippen LogP contribution in [0, 0.1) is 5.92 Å². The molecule has 1 aliphatic heterocycles. The first-order valence-corrected chi connectivity index (χ1v) is 8.16. The standard InChI is InChI=1S/C16H32N2O/c1-14-12-18(13-16(2,3)19-14)10-9-17-11-15-7-5-4-6-8-15/h14-15,17H,4-13H2,1-3H3. The van der Waals surface area contributed by atoms with Crippen molar-refractivity contribution in [2.75, 3.05) is 32.7 Å². The highest BCUT2D eigenvalue weighted by Gasteiger charge is 2.30. The lowest BCUT2D eigenvalue weighted by Crippen LogP contribution is -2.53. The first-order chi connectivity index (χ1) is 9.05. The van der Waals surface area contributed by atoms with Crippen molar-refractivity contribution in [1.82, 2.24) is 10.2 Å². The molecule has 0 aromatic heterocycles. The number of rotatable bonds is 5. The zero-order valence-corrected chi connectivity index (χ0v) is 13.1. The second-order valence-corrected chi connectivity index (χ2v) is 7.13. The topological polar surface area (TPSA) is 24.5 Å². The van der Waals surface area contributed by atoms with Gasteiger partial charge in [0.05, 0.1) is 11.7 Å². The van der Waals surface area contributed by atoms with Crippen molar-refractivity contribution in [2.45, 2.75) is 64.6 Å². The molecular weight excluding hydrogens is 236 g/mol. The Balaban J connectivity index is 1.59. The summed E-state index contributed by atoms with van der Waals surface area (Å²) in [6.45, 7) is 12.2. The summed E-state index contributed by atoms with van der Waals surface area (Å²) in [5, 5.41) is 3.66.